The van der Waals surface area contributed by atoms with Crippen LogP contribution in [0.4, 0.5) is 0 Å². The molecule has 3 saturated carbocycles. The van der Waals surface area contributed by atoms with Gasteiger partial charge in [-0.2, -0.15) is 0 Å². The molecule has 6 nitrogen and oxygen atoms in total. The van der Waals surface area contributed by atoms with E-state index in [1.807, 2.05) is 24.3 Å². The third-order valence-electron chi connectivity index (χ3n) is 9.81. The molecule has 0 spiro atoms. The molecule has 0 aromatic heterocycles. The molecule has 164 valence electrons. The van der Waals surface area contributed by atoms with Gasteiger partial charge in [-0.15, -0.1) is 0 Å². The fourth-order valence-electron chi connectivity index (χ4n) is 9.65. The highest BCUT2D eigenvalue weighted by Gasteiger charge is 3.13. The maximum Gasteiger partial charge on any atom is 0.318 e. The first-order valence-electron chi connectivity index (χ1n) is 11.0. The summed E-state index contributed by atoms with van der Waals surface area (Å²) in [5.41, 5.74) is 0.116. The van der Waals surface area contributed by atoms with Crippen molar-refractivity contribution in [2.24, 2.45) is 10.8 Å². The lowest BCUT2D eigenvalue weighted by Gasteiger charge is -2.97. The van der Waals surface area contributed by atoms with Gasteiger partial charge in [0.05, 0.1) is 14.2 Å². The molecule has 0 saturated heterocycles. The number of ether oxygens (including phenoxy) is 4. The van der Waals surface area contributed by atoms with Gasteiger partial charge in [-0.3, -0.25) is 9.59 Å². The van der Waals surface area contributed by atoms with E-state index in [1.165, 1.54) is 14.2 Å². The number of benzene rings is 2. The van der Waals surface area contributed by atoms with Crippen molar-refractivity contribution < 1.29 is 28.5 Å². The number of esters is 2. The Kier molecular flexibility index (Phi) is 3.10. The topological polar surface area (TPSA) is 71.1 Å². The molecule has 3 fully saturated rings. The third-order valence-corrected chi connectivity index (χ3v) is 9.81. The third kappa shape index (κ3) is 1.20. The fourth-order valence-corrected chi connectivity index (χ4v) is 9.65. The molecule has 0 aliphatic heterocycles. The molecule has 0 amide bonds. The Balaban J connectivity index is 1.70. The summed E-state index contributed by atoms with van der Waals surface area (Å²) in [7, 11) is 6.03. The van der Waals surface area contributed by atoms with Gasteiger partial charge in [0, 0.05) is 37.9 Å². The first-order valence-corrected chi connectivity index (χ1v) is 11.0. The van der Waals surface area contributed by atoms with E-state index >= 15 is 0 Å². The molecule has 5 aliphatic rings. The Labute approximate surface area is 185 Å². The second-order valence-corrected chi connectivity index (χ2v) is 9.65. The summed E-state index contributed by atoms with van der Waals surface area (Å²) in [6, 6.07) is 16.5. The van der Waals surface area contributed by atoms with E-state index in [0.717, 1.165) is 22.3 Å². The van der Waals surface area contributed by atoms with Crippen LogP contribution in [0.1, 0.15) is 45.9 Å². The van der Waals surface area contributed by atoms with Crippen molar-refractivity contribution in [3.63, 3.8) is 0 Å². The van der Waals surface area contributed by atoms with Crippen LogP contribution in [0.5, 0.6) is 0 Å². The van der Waals surface area contributed by atoms with Gasteiger partial charge in [0.15, 0.2) is 0 Å². The minimum atomic E-state index is -1.12. The Bertz CT molecular complexity index is 1130. The number of methoxy groups -OCH3 is 4. The van der Waals surface area contributed by atoms with E-state index in [0.29, 0.717) is 0 Å². The van der Waals surface area contributed by atoms with Crippen LogP contribution in [-0.4, -0.2) is 51.6 Å². The smallest absolute Gasteiger partial charge is 0.318 e. The molecule has 7 rings (SSSR count). The molecule has 2 aromatic carbocycles. The first kappa shape index (κ1) is 18.8. The van der Waals surface area contributed by atoms with Crippen LogP contribution >= 0.6 is 0 Å². The van der Waals surface area contributed by atoms with Gasteiger partial charge in [0.25, 0.3) is 0 Å². The summed E-state index contributed by atoms with van der Waals surface area (Å²) in [5, 5.41) is 0. The second kappa shape index (κ2) is 5.26. The zero-order valence-corrected chi connectivity index (χ0v) is 18.4. The van der Waals surface area contributed by atoms with Crippen LogP contribution in [0, 0.1) is 10.8 Å². The van der Waals surface area contributed by atoms with Crippen molar-refractivity contribution >= 4 is 11.9 Å². The normalized spacial score (nSPS) is 44.6. The summed E-state index contributed by atoms with van der Waals surface area (Å²) >= 11 is 0. The monoisotopic (exact) mass is 432 g/mol. The van der Waals surface area contributed by atoms with Crippen LogP contribution < -0.4 is 0 Å². The quantitative estimate of drug-likeness (QED) is 0.692. The number of carbonyl (C=O) groups is 2. The molecule has 0 N–H and O–H groups in total. The average molecular weight is 432 g/mol. The zero-order chi connectivity index (χ0) is 22.3. The second-order valence-electron chi connectivity index (χ2n) is 9.65. The first-order chi connectivity index (χ1) is 15.5. The summed E-state index contributed by atoms with van der Waals surface area (Å²) in [5.74, 6) is -1.57. The summed E-state index contributed by atoms with van der Waals surface area (Å²) in [4.78, 5) is 27.6. The van der Waals surface area contributed by atoms with Crippen molar-refractivity contribution in [3.8, 4) is 0 Å². The number of rotatable bonds is 4. The SMILES string of the molecule is COC(=O)C12[C@H]3c4ccccc4[C@@H]4[C@@H]5c6ccccc6[C@H]3C1(OC)C5(C(=O)OC)C42OC. The van der Waals surface area contributed by atoms with Crippen LogP contribution in [0.15, 0.2) is 48.5 Å². The summed E-state index contributed by atoms with van der Waals surface area (Å²) in [6.07, 6.45) is 0. The van der Waals surface area contributed by atoms with Crippen LogP contribution in [0.2, 0.25) is 0 Å². The Hall–Kier alpha value is -2.70. The largest absolute Gasteiger partial charge is 0.468 e. The molecule has 0 radical (unpaired) electrons. The number of fused-ring (bicyclic) bond motifs is 8. The van der Waals surface area contributed by atoms with Crippen LogP contribution in [0.3, 0.4) is 0 Å². The number of carbonyl (C=O) groups excluding carboxylic acids is 2. The van der Waals surface area contributed by atoms with Crippen molar-refractivity contribution in [2.45, 2.75) is 34.9 Å². The lowest BCUT2D eigenvalue weighted by Crippen LogP contribution is -3.08. The van der Waals surface area contributed by atoms with Gasteiger partial charge >= 0.3 is 11.9 Å². The molecule has 2 aromatic rings. The van der Waals surface area contributed by atoms with Gasteiger partial charge in [-0.05, 0) is 22.3 Å². The standard InChI is InChI=1S/C26H24O6/c1-29-21(27)23-17-13-9-5-7-11-15(13)20-18-14-10-6-8-12-16(14)19(17)25(23,31-3)24(18,22(28)30-2)26(20,23)32-4/h5-12,17-20H,1-4H3/t17-,18-,19+,20+,23?,24?,25?,26?/m0/s1. The lowest BCUT2D eigenvalue weighted by atomic mass is 9.05. The predicted molar refractivity (Wildman–Crippen MR) is 112 cm³/mol. The van der Waals surface area contributed by atoms with E-state index in [9.17, 15) is 9.59 Å². The van der Waals surface area contributed by atoms with Crippen molar-refractivity contribution in [1.82, 2.24) is 0 Å². The van der Waals surface area contributed by atoms with Crippen molar-refractivity contribution in [2.75, 3.05) is 28.4 Å². The molecule has 4 atom stereocenters. The van der Waals surface area contributed by atoms with E-state index in [2.05, 4.69) is 24.3 Å². The van der Waals surface area contributed by atoms with Gasteiger partial charge in [0.2, 0.25) is 0 Å². The molecule has 0 unspecified atom stereocenters. The Morgan fingerprint density at radius 2 is 0.906 bits per heavy atom. The van der Waals surface area contributed by atoms with Crippen LogP contribution in [-0.2, 0) is 28.5 Å². The van der Waals surface area contributed by atoms with Crippen molar-refractivity contribution in [1.29, 1.82) is 0 Å². The predicted octanol–water partition coefficient (Wildman–Crippen LogP) is 2.88. The maximum absolute atomic E-state index is 13.8. The Morgan fingerprint density at radius 1 is 0.594 bits per heavy atom. The van der Waals surface area contributed by atoms with Crippen molar-refractivity contribution in [3.05, 3.63) is 70.8 Å². The zero-order valence-electron chi connectivity index (χ0n) is 18.4. The fraction of sp³-hybridized carbons (Fsp3) is 0.462. The van der Waals surface area contributed by atoms with Gasteiger partial charge in [-0.25, -0.2) is 0 Å². The highest BCUT2D eigenvalue weighted by Crippen LogP contribution is 3.02. The van der Waals surface area contributed by atoms with Gasteiger partial charge < -0.3 is 18.9 Å². The molecule has 32 heavy (non-hydrogen) atoms. The van der Waals surface area contributed by atoms with E-state index in [-0.39, 0.29) is 35.6 Å². The number of hydrogen-bond donors (Lipinski definition) is 0. The summed E-state index contributed by atoms with van der Waals surface area (Å²) in [6.45, 7) is 0. The maximum atomic E-state index is 13.8. The van der Waals surface area contributed by atoms with E-state index < -0.39 is 22.0 Å². The van der Waals surface area contributed by atoms with E-state index in [1.54, 1.807) is 14.2 Å². The average Bonchev–Trinajstić information content (AvgIpc) is 2.79. The van der Waals surface area contributed by atoms with Gasteiger partial charge in [0.1, 0.15) is 22.0 Å². The molecule has 5 aliphatic carbocycles. The molecule has 6 heteroatoms. The number of hydrogen-bond acceptors (Lipinski definition) is 6. The molecular weight excluding hydrogens is 408 g/mol. The highest BCUT2D eigenvalue weighted by molar-refractivity contribution is 6.03. The Morgan fingerprint density at radius 3 is 1.19 bits per heavy atom. The highest BCUT2D eigenvalue weighted by atomic mass is 16.6. The summed E-state index contributed by atoms with van der Waals surface area (Å²) < 4.78 is 23.6. The minimum Gasteiger partial charge on any atom is -0.468 e. The van der Waals surface area contributed by atoms with Gasteiger partial charge in [-0.1, -0.05) is 48.5 Å². The van der Waals surface area contributed by atoms with Crippen LogP contribution in [0.25, 0.3) is 0 Å². The molecular formula is C26H24O6. The molecule has 0 heterocycles. The van der Waals surface area contributed by atoms with E-state index in [4.69, 9.17) is 18.9 Å². The molecule has 0 bridgehead atoms. The lowest BCUT2D eigenvalue weighted by molar-refractivity contribution is -0.508. The minimum absolute atomic E-state index is 0.191.